The summed E-state index contributed by atoms with van der Waals surface area (Å²) in [7, 11) is 1.94. The van der Waals surface area contributed by atoms with Crippen molar-refractivity contribution < 1.29 is 4.74 Å². The van der Waals surface area contributed by atoms with Crippen molar-refractivity contribution in [2.24, 2.45) is 23.7 Å². The van der Waals surface area contributed by atoms with E-state index >= 15 is 0 Å². The summed E-state index contributed by atoms with van der Waals surface area (Å²) in [6.07, 6.45) is 3.91. The summed E-state index contributed by atoms with van der Waals surface area (Å²) in [6, 6.07) is 2.36. The largest absolute Gasteiger partial charge is 0.372 e. The molecule has 1 fully saturated rings. The van der Waals surface area contributed by atoms with Crippen molar-refractivity contribution in [3.63, 3.8) is 0 Å². The minimum atomic E-state index is 0.0719. The highest BCUT2D eigenvalue weighted by Crippen LogP contribution is 2.34. The van der Waals surface area contributed by atoms with Crippen molar-refractivity contribution in [3.8, 4) is 0 Å². The number of aliphatic imine (C=N–C) groups is 1. The topological polar surface area (TPSA) is 77.5 Å². The summed E-state index contributed by atoms with van der Waals surface area (Å²) in [4.78, 5) is 4.46. The Morgan fingerprint density at radius 1 is 1.70 bits per heavy atom. The number of nitrogens with zero attached hydrogens (tertiary/aromatic N) is 3. The number of ether oxygens (including phenoxy) is 1. The molecule has 112 valence electrons. The van der Waals surface area contributed by atoms with Crippen LogP contribution in [-0.4, -0.2) is 34.9 Å². The van der Waals surface area contributed by atoms with Gasteiger partial charge in [0.25, 0.3) is 0 Å². The Balaban J connectivity index is 1.95. The van der Waals surface area contributed by atoms with Gasteiger partial charge in [0.05, 0.1) is 5.69 Å². The molecule has 1 aliphatic heterocycles. The summed E-state index contributed by atoms with van der Waals surface area (Å²) in [5, 5.41) is 7.39. The van der Waals surface area contributed by atoms with E-state index in [1.165, 1.54) is 0 Å². The molecule has 6 nitrogen and oxygen atoms in total. The predicted octanol–water partition coefficient (Wildman–Crippen LogP) is 1.20. The van der Waals surface area contributed by atoms with E-state index in [0.717, 1.165) is 25.1 Å². The van der Waals surface area contributed by atoms with Crippen LogP contribution in [0.5, 0.6) is 0 Å². The van der Waals surface area contributed by atoms with Crippen LogP contribution < -0.4 is 11.1 Å². The van der Waals surface area contributed by atoms with Crippen molar-refractivity contribution >= 4 is 5.96 Å². The Morgan fingerprint density at radius 2 is 2.50 bits per heavy atom. The number of hydrogen-bond donors (Lipinski definition) is 2. The molecule has 0 radical (unpaired) electrons. The maximum absolute atomic E-state index is 5.90. The van der Waals surface area contributed by atoms with Crippen LogP contribution in [0.25, 0.3) is 0 Å². The Labute approximate surface area is 120 Å². The van der Waals surface area contributed by atoms with Gasteiger partial charge in [-0.2, -0.15) is 5.10 Å². The van der Waals surface area contributed by atoms with Gasteiger partial charge in [0.1, 0.15) is 6.10 Å². The summed E-state index contributed by atoms with van der Waals surface area (Å²) in [5.41, 5.74) is 7.01. The molecule has 0 aliphatic carbocycles. The first-order valence-electron chi connectivity index (χ1n) is 7.27. The molecule has 3 N–H and O–H groups in total. The average molecular weight is 279 g/mol. The third kappa shape index (κ3) is 3.50. The lowest BCUT2D eigenvalue weighted by Crippen LogP contribution is -2.38. The van der Waals surface area contributed by atoms with Crippen LogP contribution >= 0.6 is 0 Å². The molecule has 1 aromatic rings. The molecule has 1 unspecified atom stereocenters. The highest BCUT2D eigenvalue weighted by molar-refractivity contribution is 5.78. The van der Waals surface area contributed by atoms with Gasteiger partial charge in [-0.05, 0) is 25.8 Å². The molecule has 1 saturated heterocycles. The maximum Gasteiger partial charge on any atom is 0.188 e. The molecular formula is C14H25N5O. The third-order valence-electron chi connectivity index (χ3n) is 3.87. The number of aryl methyl sites for hydroxylation is 1. The molecule has 0 amide bonds. The van der Waals surface area contributed by atoms with Gasteiger partial charge < -0.3 is 15.8 Å². The van der Waals surface area contributed by atoms with E-state index in [9.17, 15) is 0 Å². The molecule has 6 heteroatoms. The smallest absolute Gasteiger partial charge is 0.188 e. The average Bonchev–Trinajstić information content (AvgIpc) is 3.04. The van der Waals surface area contributed by atoms with Crippen LogP contribution in [0.1, 0.15) is 38.5 Å². The number of rotatable bonds is 5. The highest BCUT2D eigenvalue weighted by Gasteiger charge is 2.31. The minimum Gasteiger partial charge on any atom is -0.372 e. The van der Waals surface area contributed by atoms with Crippen LogP contribution in [-0.2, 0) is 11.8 Å². The van der Waals surface area contributed by atoms with Gasteiger partial charge in [-0.3, -0.25) is 9.67 Å². The lowest BCUT2D eigenvalue weighted by molar-refractivity contribution is 0.0859. The minimum absolute atomic E-state index is 0.0719. The van der Waals surface area contributed by atoms with Crippen molar-refractivity contribution in [3.05, 3.63) is 18.0 Å². The standard InChI is InChI=1S/C14H25N5O/c1-4-10(2)18-14(15)16-9-11-6-8-20-13(11)12-5-7-17-19(12)3/h5,7,10-11,13H,4,6,8-9H2,1-3H3,(H3,15,16,18)/t10?,11-,13+/m0/s1. The van der Waals surface area contributed by atoms with E-state index in [1.54, 1.807) is 6.20 Å². The van der Waals surface area contributed by atoms with Crippen LogP contribution in [0.4, 0.5) is 0 Å². The highest BCUT2D eigenvalue weighted by atomic mass is 16.5. The molecule has 1 aromatic heterocycles. The van der Waals surface area contributed by atoms with E-state index in [0.29, 0.717) is 24.5 Å². The molecule has 1 aliphatic rings. The lowest BCUT2D eigenvalue weighted by Gasteiger charge is -2.18. The van der Waals surface area contributed by atoms with Crippen LogP contribution in [0.3, 0.4) is 0 Å². The lowest BCUT2D eigenvalue weighted by atomic mass is 9.99. The molecule has 0 aromatic carbocycles. The molecule has 2 rings (SSSR count). The predicted molar refractivity (Wildman–Crippen MR) is 79.4 cm³/mol. The SMILES string of the molecule is CCC(C)NC(N)=NC[C@@H]1CCO[C@H]1c1ccnn1C. The Bertz CT molecular complexity index is 456. The molecule has 0 bridgehead atoms. The van der Waals surface area contributed by atoms with Gasteiger partial charge in [0.15, 0.2) is 5.96 Å². The van der Waals surface area contributed by atoms with Crippen LogP contribution in [0.2, 0.25) is 0 Å². The van der Waals surface area contributed by atoms with Crippen LogP contribution in [0, 0.1) is 5.92 Å². The second-order valence-electron chi connectivity index (χ2n) is 5.40. The van der Waals surface area contributed by atoms with E-state index in [1.807, 2.05) is 17.8 Å². The molecular weight excluding hydrogens is 254 g/mol. The van der Waals surface area contributed by atoms with Crippen molar-refractivity contribution in [2.75, 3.05) is 13.2 Å². The van der Waals surface area contributed by atoms with Gasteiger partial charge in [0, 0.05) is 38.4 Å². The van der Waals surface area contributed by atoms with E-state index in [4.69, 9.17) is 10.5 Å². The Hall–Kier alpha value is -1.56. The van der Waals surface area contributed by atoms with Crippen molar-refractivity contribution in [2.45, 2.75) is 38.8 Å². The quantitative estimate of drug-likeness (QED) is 0.627. The molecule has 3 atom stereocenters. The molecule has 20 heavy (non-hydrogen) atoms. The van der Waals surface area contributed by atoms with E-state index < -0.39 is 0 Å². The zero-order valence-corrected chi connectivity index (χ0v) is 12.5. The molecule has 0 spiro atoms. The number of guanidine groups is 1. The first-order valence-corrected chi connectivity index (χ1v) is 7.27. The second kappa shape index (κ2) is 6.74. The first-order chi connectivity index (χ1) is 9.61. The third-order valence-corrected chi connectivity index (χ3v) is 3.87. The second-order valence-corrected chi connectivity index (χ2v) is 5.40. The number of nitrogens with one attached hydrogen (secondary N) is 1. The van der Waals surface area contributed by atoms with Gasteiger partial charge in [-0.25, -0.2) is 0 Å². The summed E-state index contributed by atoms with van der Waals surface area (Å²) in [6.45, 7) is 5.67. The van der Waals surface area contributed by atoms with E-state index in [-0.39, 0.29) is 6.10 Å². The van der Waals surface area contributed by atoms with E-state index in [2.05, 4.69) is 29.3 Å². The van der Waals surface area contributed by atoms with Crippen LogP contribution in [0.15, 0.2) is 17.3 Å². The monoisotopic (exact) mass is 279 g/mol. The maximum atomic E-state index is 5.90. The summed E-state index contributed by atoms with van der Waals surface area (Å²) >= 11 is 0. The number of aromatic nitrogens is 2. The number of nitrogens with two attached hydrogens (primary N) is 1. The van der Waals surface area contributed by atoms with Gasteiger partial charge in [-0.1, -0.05) is 6.92 Å². The molecule has 2 heterocycles. The van der Waals surface area contributed by atoms with Gasteiger partial charge in [0.2, 0.25) is 0 Å². The van der Waals surface area contributed by atoms with Gasteiger partial charge in [-0.15, -0.1) is 0 Å². The summed E-state index contributed by atoms with van der Waals surface area (Å²) < 4.78 is 7.70. The van der Waals surface area contributed by atoms with Crippen molar-refractivity contribution in [1.82, 2.24) is 15.1 Å². The van der Waals surface area contributed by atoms with Gasteiger partial charge >= 0.3 is 0 Å². The fraction of sp³-hybridized carbons (Fsp3) is 0.714. The zero-order chi connectivity index (χ0) is 14.5. The van der Waals surface area contributed by atoms with Crippen molar-refractivity contribution in [1.29, 1.82) is 0 Å². The first kappa shape index (κ1) is 14.8. The molecule has 0 saturated carbocycles. The normalized spacial score (nSPS) is 24.9. The summed E-state index contributed by atoms with van der Waals surface area (Å²) in [5.74, 6) is 0.887. The number of hydrogen-bond acceptors (Lipinski definition) is 3. The fourth-order valence-corrected chi connectivity index (χ4v) is 2.43. The zero-order valence-electron chi connectivity index (χ0n) is 12.5. The fourth-order valence-electron chi connectivity index (χ4n) is 2.43. The Morgan fingerprint density at radius 3 is 3.15 bits per heavy atom. The Kier molecular flexibility index (Phi) is 5.00.